The Kier molecular flexibility index (Phi) is 4.74. The van der Waals surface area contributed by atoms with Crippen molar-refractivity contribution in [2.24, 2.45) is 0 Å². The van der Waals surface area contributed by atoms with Crippen molar-refractivity contribution in [2.45, 2.75) is 32.9 Å². The van der Waals surface area contributed by atoms with Crippen molar-refractivity contribution >= 4 is 0 Å². The molecule has 0 saturated carbocycles. The lowest BCUT2D eigenvalue weighted by molar-refractivity contribution is 0.238. The number of nitrogens with one attached hydrogen (secondary N) is 1. The summed E-state index contributed by atoms with van der Waals surface area (Å²) in [5.41, 5.74) is 3.33. The number of hydrogen-bond acceptors (Lipinski definition) is 3. The van der Waals surface area contributed by atoms with E-state index in [0.29, 0.717) is 0 Å². The lowest BCUT2D eigenvalue weighted by Gasteiger charge is -2.21. The SMILES string of the molecule is CNC(c1cc(C)ccn1)c1ccccc1OC(C)C. The number of hydrogen-bond donors (Lipinski definition) is 1. The summed E-state index contributed by atoms with van der Waals surface area (Å²) >= 11 is 0. The molecule has 0 aliphatic carbocycles. The monoisotopic (exact) mass is 270 g/mol. The molecule has 0 fully saturated rings. The Hall–Kier alpha value is -1.87. The third-order valence-electron chi connectivity index (χ3n) is 3.11. The van der Waals surface area contributed by atoms with Crippen molar-refractivity contribution in [3.05, 3.63) is 59.4 Å². The van der Waals surface area contributed by atoms with Crippen LogP contribution in [0, 0.1) is 6.92 Å². The highest BCUT2D eigenvalue weighted by atomic mass is 16.5. The Bertz CT molecular complexity index is 566. The lowest BCUT2D eigenvalue weighted by Crippen LogP contribution is -2.20. The Morgan fingerprint density at radius 3 is 2.55 bits per heavy atom. The van der Waals surface area contributed by atoms with Crippen LogP contribution in [0.1, 0.15) is 36.7 Å². The molecule has 1 atom stereocenters. The molecule has 2 rings (SSSR count). The molecule has 0 saturated heterocycles. The van der Waals surface area contributed by atoms with Crippen LogP contribution in [0.15, 0.2) is 42.6 Å². The van der Waals surface area contributed by atoms with Crippen LogP contribution in [0.5, 0.6) is 5.75 Å². The van der Waals surface area contributed by atoms with Gasteiger partial charge in [-0.1, -0.05) is 18.2 Å². The zero-order chi connectivity index (χ0) is 14.5. The Labute approximate surface area is 121 Å². The molecule has 1 heterocycles. The van der Waals surface area contributed by atoms with Crippen molar-refractivity contribution in [1.82, 2.24) is 10.3 Å². The van der Waals surface area contributed by atoms with Gasteiger partial charge in [0.2, 0.25) is 0 Å². The second-order valence-electron chi connectivity index (χ2n) is 5.18. The highest BCUT2D eigenvalue weighted by Crippen LogP contribution is 2.29. The molecule has 2 aromatic rings. The van der Waals surface area contributed by atoms with Crippen LogP contribution in [0.3, 0.4) is 0 Å². The number of pyridine rings is 1. The molecule has 0 radical (unpaired) electrons. The maximum Gasteiger partial charge on any atom is 0.124 e. The fourth-order valence-corrected chi connectivity index (χ4v) is 2.26. The normalized spacial score (nSPS) is 12.4. The summed E-state index contributed by atoms with van der Waals surface area (Å²) in [6.07, 6.45) is 2.00. The van der Waals surface area contributed by atoms with Crippen molar-refractivity contribution < 1.29 is 4.74 Å². The predicted molar refractivity (Wildman–Crippen MR) is 82.1 cm³/mol. The highest BCUT2D eigenvalue weighted by Gasteiger charge is 2.18. The molecular weight excluding hydrogens is 248 g/mol. The summed E-state index contributed by atoms with van der Waals surface area (Å²) in [5, 5.41) is 3.33. The first-order valence-electron chi connectivity index (χ1n) is 6.97. The van der Waals surface area contributed by atoms with Crippen LogP contribution < -0.4 is 10.1 Å². The Balaban J connectivity index is 2.41. The molecule has 1 aromatic carbocycles. The van der Waals surface area contributed by atoms with Crippen LogP contribution in [0.4, 0.5) is 0 Å². The van der Waals surface area contributed by atoms with E-state index in [4.69, 9.17) is 4.74 Å². The average molecular weight is 270 g/mol. The minimum Gasteiger partial charge on any atom is -0.491 e. The van der Waals surface area contributed by atoms with Crippen molar-refractivity contribution in [3.63, 3.8) is 0 Å². The van der Waals surface area contributed by atoms with Gasteiger partial charge >= 0.3 is 0 Å². The molecule has 1 aromatic heterocycles. The predicted octanol–water partition coefficient (Wildman–Crippen LogP) is 3.49. The molecule has 20 heavy (non-hydrogen) atoms. The van der Waals surface area contributed by atoms with Crippen LogP contribution in [-0.4, -0.2) is 18.1 Å². The van der Waals surface area contributed by atoms with Gasteiger partial charge in [0.05, 0.1) is 17.8 Å². The van der Waals surface area contributed by atoms with Gasteiger partial charge in [0, 0.05) is 11.8 Å². The summed E-state index contributed by atoms with van der Waals surface area (Å²) in [4.78, 5) is 4.49. The molecule has 0 amide bonds. The smallest absolute Gasteiger partial charge is 0.124 e. The number of para-hydroxylation sites is 1. The molecule has 0 spiro atoms. The summed E-state index contributed by atoms with van der Waals surface area (Å²) in [6.45, 7) is 6.15. The van der Waals surface area contributed by atoms with Gasteiger partial charge in [0.1, 0.15) is 5.75 Å². The average Bonchev–Trinajstić information content (AvgIpc) is 2.41. The van der Waals surface area contributed by atoms with E-state index in [1.165, 1.54) is 5.56 Å². The minimum atomic E-state index is 0.0323. The van der Waals surface area contributed by atoms with E-state index < -0.39 is 0 Å². The zero-order valence-corrected chi connectivity index (χ0v) is 12.6. The van der Waals surface area contributed by atoms with Gasteiger partial charge in [-0.15, -0.1) is 0 Å². The Morgan fingerprint density at radius 2 is 1.90 bits per heavy atom. The molecule has 1 N–H and O–H groups in total. The molecule has 0 aliphatic heterocycles. The van der Waals surface area contributed by atoms with Gasteiger partial charge in [-0.05, 0) is 51.6 Å². The maximum atomic E-state index is 5.91. The van der Waals surface area contributed by atoms with Crippen molar-refractivity contribution in [3.8, 4) is 5.75 Å². The van der Waals surface area contributed by atoms with Gasteiger partial charge in [-0.3, -0.25) is 4.98 Å². The molecule has 106 valence electrons. The summed E-state index contributed by atoms with van der Waals surface area (Å²) in [6, 6.07) is 12.3. The van der Waals surface area contributed by atoms with Crippen LogP contribution in [0.25, 0.3) is 0 Å². The van der Waals surface area contributed by atoms with Gasteiger partial charge in [0.15, 0.2) is 0 Å². The van der Waals surface area contributed by atoms with E-state index in [-0.39, 0.29) is 12.1 Å². The topological polar surface area (TPSA) is 34.2 Å². The minimum absolute atomic E-state index is 0.0323. The summed E-state index contributed by atoms with van der Waals surface area (Å²) in [7, 11) is 1.95. The lowest BCUT2D eigenvalue weighted by atomic mass is 10.0. The van der Waals surface area contributed by atoms with E-state index in [0.717, 1.165) is 17.0 Å². The van der Waals surface area contributed by atoms with Gasteiger partial charge in [-0.2, -0.15) is 0 Å². The first-order chi connectivity index (χ1) is 9.61. The highest BCUT2D eigenvalue weighted by molar-refractivity contribution is 5.40. The molecule has 3 heteroatoms. The van der Waals surface area contributed by atoms with Crippen LogP contribution in [-0.2, 0) is 0 Å². The van der Waals surface area contributed by atoms with Gasteiger partial charge < -0.3 is 10.1 Å². The largest absolute Gasteiger partial charge is 0.491 e. The fourth-order valence-electron chi connectivity index (χ4n) is 2.26. The molecular formula is C17H22N2O. The quantitative estimate of drug-likeness (QED) is 0.903. The number of ether oxygens (including phenoxy) is 1. The second kappa shape index (κ2) is 6.53. The summed E-state index contributed by atoms with van der Waals surface area (Å²) < 4.78 is 5.91. The third kappa shape index (κ3) is 3.36. The van der Waals surface area contributed by atoms with Crippen LogP contribution in [0.2, 0.25) is 0 Å². The summed E-state index contributed by atoms with van der Waals surface area (Å²) in [5.74, 6) is 0.908. The van der Waals surface area contributed by atoms with Crippen molar-refractivity contribution in [2.75, 3.05) is 7.05 Å². The molecule has 0 bridgehead atoms. The van der Waals surface area contributed by atoms with Gasteiger partial charge in [0.25, 0.3) is 0 Å². The molecule has 3 nitrogen and oxygen atoms in total. The van der Waals surface area contributed by atoms with E-state index in [1.807, 2.05) is 51.4 Å². The van der Waals surface area contributed by atoms with Gasteiger partial charge in [-0.25, -0.2) is 0 Å². The van der Waals surface area contributed by atoms with E-state index >= 15 is 0 Å². The Morgan fingerprint density at radius 1 is 1.15 bits per heavy atom. The van der Waals surface area contributed by atoms with Crippen molar-refractivity contribution in [1.29, 1.82) is 0 Å². The number of rotatable bonds is 5. The number of aromatic nitrogens is 1. The number of benzene rings is 1. The number of nitrogens with zero attached hydrogens (tertiary/aromatic N) is 1. The van der Waals surface area contributed by atoms with Crippen LogP contribution >= 0.6 is 0 Å². The van der Waals surface area contributed by atoms with E-state index in [9.17, 15) is 0 Å². The second-order valence-corrected chi connectivity index (χ2v) is 5.18. The standard InChI is InChI=1S/C17H22N2O/c1-12(2)20-16-8-6-5-7-14(16)17(18-4)15-11-13(3)9-10-19-15/h5-12,17-18H,1-4H3. The number of aryl methyl sites for hydroxylation is 1. The molecule has 0 aliphatic rings. The third-order valence-corrected chi connectivity index (χ3v) is 3.11. The maximum absolute atomic E-state index is 5.91. The van der Waals surface area contributed by atoms with E-state index in [1.54, 1.807) is 0 Å². The molecule has 1 unspecified atom stereocenters. The fraction of sp³-hybridized carbons (Fsp3) is 0.353. The first-order valence-corrected chi connectivity index (χ1v) is 6.97. The zero-order valence-electron chi connectivity index (χ0n) is 12.6. The first kappa shape index (κ1) is 14.5. The van der Waals surface area contributed by atoms with E-state index in [2.05, 4.69) is 29.4 Å².